The summed E-state index contributed by atoms with van der Waals surface area (Å²) in [6.45, 7) is 7.06. The fraction of sp³-hybridized carbons (Fsp3) is 0.259. The topological polar surface area (TPSA) is 79.5 Å². The first-order valence-electron chi connectivity index (χ1n) is 11.6. The average Bonchev–Trinajstić information content (AvgIpc) is 3.58. The molecule has 178 valence electrons. The summed E-state index contributed by atoms with van der Waals surface area (Å²) in [6.07, 6.45) is 0. The fourth-order valence-electron chi connectivity index (χ4n) is 4.20. The van der Waals surface area contributed by atoms with Gasteiger partial charge in [0.1, 0.15) is 0 Å². The summed E-state index contributed by atoms with van der Waals surface area (Å²) < 4.78 is 5.42. The minimum Gasteiger partial charge on any atom is -0.338 e. The Labute approximate surface area is 208 Å². The second-order valence-corrected chi connectivity index (χ2v) is 9.68. The predicted molar refractivity (Wildman–Crippen MR) is 135 cm³/mol. The van der Waals surface area contributed by atoms with Crippen molar-refractivity contribution in [1.29, 1.82) is 0 Å². The Morgan fingerprint density at radius 1 is 0.943 bits per heavy atom. The zero-order valence-electron chi connectivity index (χ0n) is 19.7. The molecule has 1 aliphatic heterocycles. The van der Waals surface area contributed by atoms with Gasteiger partial charge in [-0.15, -0.1) is 11.3 Å². The Morgan fingerprint density at radius 3 is 2.43 bits per heavy atom. The van der Waals surface area contributed by atoms with Crippen LogP contribution in [0.4, 0.5) is 0 Å². The molecule has 7 nitrogen and oxygen atoms in total. The van der Waals surface area contributed by atoms with Gasteiger partial charge in [0.05, 0.1) is 17.0 Å². The van der Waals surface area contributed by atoms with Gasteiger partial charge in [-0.3, -0.25) is 14.5 Å². The van der Waals surface area contributed by atoms with Gasteiger partial charge in [-0.1, -0.05) is 41.6 Å². The second kappa shape index (κ2) is 9.93. The van der Waals surface area contributed by atoms with Crippen LogP contribution >= 0.6 is 11.3 Å². The zero-order valence-corrected chi connectivity index (χ0v) is 20.5. The highest BCUT2D eigenvalue weighted by Crippen LogP contribution is 2.23. The van der Waals surface area contributed by atoms with Gasteiger partial charge in [0, 0.05) is 37.3 Å². The summed E-state index contributed by atoms with van der Waals surface area (Å²) in [5.41, 5.74) is 3.67. The lowest BCUT2D eigenvalue weighted by Crippen LogP contribution is -2.48. The number of ketones is 1. The summed E-state index contributed by atoms with van der Waals surface area (Å²) in [5.74, 6) is 0.926. The number of rotatable bonds is 6. The standard InChI is InChI=1S/C27H26N4O3S/c1-18-9-10-20(16-19(18)2)25(32)21-6-3-4-7-22(21)27(33)31-13-11-30(12-14-31)17-24-28-26(29-34-24)23-8-5-15-35-23/h3-10,15-16H,11-14,17H2,1-2H3. The van der Waals surface area contributed by atoms with Crippen LogP contribution in [0.1, 0.15) is 43.3 Å². The van der Waals surface area contributed by atoms with Gasteiger partial charge >= 0.3 is 0 Å². The molecule has 1 fully saturated rings. The normalized spacial score (nSPS) is 14.3. The summed E-state index contributed by atoms with van der Waals surface area (Å²) in [7, 11) is 0. The molecule has 0 N–H and O–H groups in total. The molecule has 1 saturated heterocycles. The molecule has 4 aromatic rings. The number of carbonyl (C=O) groups excluding carboxylic acids is 2. The monoisotopic (exact) mass is 486 g/mol. The lowest BCUT2D eigenvalue weighted by molar-refractivity contribution is 0.0612. The van der Waals surface area contributed by atoms with Crippen LogP contribution in [-0.2, 0) is 6.54 Å². The summed E-state index contributed by atoms with van der Waals surface area (Å²) >= 11 is 1.57. The zero-order chi connectivity index (χ0) is 24.4. The molecule has 0 unspecified atom stereocenters. The van der Waals surface area contributed by atoms with E-state index in [0.29, 0.717) is 61.1 Å². The number of amides is 1. The van der Waals surface area contributed by atoms with Gasteiger partial charge in [-0.25, -0.2) is 0 Å². The van der Waals surface area contributed by atoms with Crippen LogP contribution < -0.4 is 0 Å². The molecule has 2 aromatic carbocycles. The number of piperazine rings is 1. The van der Waals surface area contributed by atoms with Crippen molar-refractivity contribution in [1.82, 2.24) is 19.9 Å². The number of benzene rings is 2. The van der Waals surface area contributed by atoms with Gasteiger partial charge in [0.15, 0.2) is 5.78 Å². The van der Waals surface area contributed by atoms with Gasteiger partial charge in [-0.05, 0) is 48.6 Å². The van der Waals surface area contributed by atoms with E-state index in [1.807, 2.05) is 54.5 Å². The summed E-state index contributed by atoms with van der Waals surface area (Å²) in [4.78, 5) is 36.1. The van der Waals surface area contributed by atoms with Crippen molar-refractivity contribution in [3.63, 3.8) is 0 Å². The third-order valence-corrected chi connectivity index (χ3v) is 7.27. The molecule has 3 heterocycles. The third-order valence-electron chi connectivity index (χ3n) is 6.40. The lowest BCUT2D eigenvalue weighted by atomic mass is 9.95. The minimum atomic E-state index is -0.131. The third kappa shape index (κ3) is 4.94. The Morgan fingerprint density at radius 2 is 1.71 bits per heavy atom. The SMILES string of the molecule is Cc1ccc(C(=O)c2ccccc2C(=O)N2CCN(Cc3nc(-c4cccs4)no3)CC2)cc1C. The van der Waals surface area contributed by atoms with E-state index in [-0.39, 0.29) is 11.7 Å². The molecular weight excluding hydrogens is 460 g/mol. The van der Waals surface area contributed by atoms with Crippen molar-refractivity contribution in [3.8, 4) is 10.7 Å². The van der Waals surface area contributed by atoms with Crippen molar-refractivity contribution >= 4 is 23.0 Å². The highest BCUT2D eigenvalue weighted by Gasteiger charge is 2.26. The van der Waals surface area contributed by atoms with Gasteiger partial charge in [0.25, 0.3) is 5.91 Å². The van der Waals surface area contributed by atoms with E-state index in [1.165, 1.54) is 0 Å². The van der Waals surface area contributed by atoms with Gasteiger partial charge in [-0.2, -0.15) is 4.98 Å². The highest BCUT2D eigenvalue weighted by atomic mass is 32.1. The molecule has 0 saturated carbocycles. The van der Waals surface area contributed by atoms with Gasteiger partial charge in [0.2, 0.25) is 11.7 Å². The van der Waals surface area contributed by atoms with Crippen LogP contribution in [-0.4, -0.2) is 57.8 Å². The van der Waals surface area contributed by atoms with Crippen LogP contribution in [0.2, 0.25) is 0 Å². The second-order valence-electron chi connectivity index (χ2n) is 8.73. The first kappa shape index (κ1) is 23.1. The number of nitrogens with zero attached hydrogens (tertiary/aromatic N) is 4. The van der Waals surface area contributed by atoms with Crippen LogP contribution in [0.3, 0.4) is 0 Å². The number of hydrogen-bond acceptors (Lipinski definition) is 7. The smallest absolute Gasteiger partial charge is 0.254 e. The van der Waals surface area contributed by atoms with Gasteiger partial charge < -0.3 is 9.42 Å². The maximum Gasteiger partial charge on any atom is 0.254 e. The first-order valence-corrected chi connectivity index (χ1v) is 12.5. The molecule has 0 bridgehead atoms. The molecule has 0 atom stereocenters. The van der Waals surface area contributed by atoms with E-state index in [9.17, 15) is 9.59 Å². The molecule has 5 rings (SSSR count). The number of hydrogen-bond donors (Lipinski definition) is 0. The maximum atomic E-state index is 13.4. The average molecular weight is 487 g/mol. The van der Waals surface area contributed by atoms with Crippen LogP contribution in [0.25, 0.3) is 10.7 Å². The fourth-order valence-corrected chi connectivity index (χ4v) is 4.85. The molecule has 1 aliphatic rings. The molecule has 2 aromatic heterocycles. The van der Waals surface area contributed by atoms with Crippen LogP contribution in [0, 0.1) is 13.8 Å². The molecule has 1 amide bonds. The molecule has 0 spiro atoms. The first-order chi connectivity index (χ1) is 17.0. The number of aryl methyl sites for hydroxylation is 2. The van der Waals surface area contributed by atoms with Crippen molar-refractivity contribution in [2.24, 2.45) is 0 Å². The Balaban J connectivity index is 1.24. The quantitative estimate of drug-likeness (QED) is 0.371. The lowest BCUT2D eigenvalue weighted by Gasteiger charge is -2.34. The van der Waals surface area contributed by atoms with E-state index >= 15 is 0 Å². The van der Waals surface area contributed by atoms with Crippen molar-refractivity contribution in [3.05, 3.63) is 93.7 Å². The number of aromatic nitrogens is 2. The summed E-state index contributed by atoms with van der Waals surface area (Å²) in [6, 6.07) is 16.7. The molecule has 35 heavy (non-hydrogen) atoms. The van der Waals surface area contributed by atoms with Crippen molar-refractivity contribution in [2.75, 3.05) is 26.2 Å². The van der Waals surface area contributed by atoms with E-state index in [4.69, 9.17) is 4.52 Å². The van der Waals surface area contributed by atoms with E-state index in [2.05, 4.69) is 15.0 Å². The number of carbonyl (C=O) groups is 2. The Kier molecular flexibility index (Phi) is 6.57. The highest BCUT2D eigenvalue weighted by molar-refractivity contribution is 7.13. The molecule has 8 heteroatoms. The minimum absolute atomic E-state index is 0.116. The molecular formula is C27H26N4O3S. The van der Waals surface area contributed by atoms with Crippen LogP contribution in [0.15, 0.2) is 64.5 Å². The van der Waals surface area contributed by atoms with Crippen molar-refractivity contribution in [2.45, 2.75) is 20.4 Å². The molecule has 0 radical (unpaired) electrons. The molecule has 0 aliphatic carbocycles. The van der Waals surface area contributed by atoms with E-state index in [1.54, 1.807) is 35.6 Å². The predicted octanol–water partition coefficient (Wildman–Crippen LogP) is 4.60. The largest absolute Gasteiger partial charge is 0.338 e. The Bertz CT molecular complexity index is 1350. The van der Waals surface area contributed by atoms with Crippen LogP contribution in [0.5, 0.6) is 0 Å². The number of thiophene rings is 1. The van der Waals surface area contributed by atoms with E-state index in [0.717, 1.165) is 16.0 Å². The Hall–Kier alpha value is -3.62. The maximum absolute atomic E-state index is 13.4. The van der Waals surface area contributed by atoms with Crippen molar-refractivity contribution < 1.29 is 14.1 Å². The van der Waals surface area contributed by atoms with E-state index < -0.39 is 0 Å². The summed E-state index contributed by atoms with van der Waals surface area (Å²) in [5, 5.41) is 6.05.